The second kappa shape index (κ2) is 9.14. The Bertz CT molecular complexity index is 597. The molecule has 0 spiro atoms. The Balaban J connectivity index is 2.71. The van der Waals surface area contributed by atoms with Crippen LogP contribution in [0.1, 0.15) is 32.8 Å². The van der Waals surface area contributed by atoms with Crippen LogP contribution in [0.25, 0.3) is 0 Å². The van der Waals surface area contributed by atoms with Gasteiger partial charge in [-0.05, 0) is 32.8 Å². The van der Waals surface area contributed by atoms with Gasteiger partial charge in [0, 0.05) is 0 Å². The molecular weight excluding hydrogens is 328 g/mol. The Labute approximate surface area is 146 Å². The first-order chi connectivity index (χ1) is 11.6. The molecule has 2 atom stereocenters. The minimum atomic E-state index is -1.42. The molecule has 138 valence electrons. The number of benzene rings is 1. The molecule has 1 aromatic rings. The fourth-order valence-electron chi connectivity index (χ4n) is 1.93. The first kappa shape index (κ1) is 20.6. The van der Waals surface area contributed by atoms with Crippen LogP contribution in [0, 0.1) is 5.92 Å². The third-order valence-corrected chi connectivity index (χ3v) is 3.11. The first-order valence-electron chi connectivity index (χ1n) is 7.73. The SMILES string of the molecule is CC(C)(C)OC(=O)C(N)CC(C(=O)ON)C(=O)OCc1ccccc1. The number of hydrogen-bond acceptors (Lipinski definition) is 8. The van der Waals surface area contributed by atoms with Crippen LogP contribution in [0.2, 0.25) is 0 Å². The summed E-state index contributed by atoms with van der Waals surface area (Å²) in [5.41, 5.74) is 5.73. The molecule has 8 heteroatoms. The zero-order chi connectivity index (χ0) is 19.0. The van der Waals surface area contributed by atoms with Gasteiger partial charge in [0.15, 0.2) is 5.92 Å². The van der Waals surface area contributed by atoms with Gasteiger partial charge in [0.05, 0.1) is 0 Å². The summed E-state index contributed by atoms with van der Waals surface area (Å²) in [6.45, 7) is 5.00. The molecule has 1 rings (SSSR count). The maximum atomic E-state index is 12.2. The third-order valence-electron chi connectivity index (χ3n) is 3.11. The van der Waals surface area contributed by atoms with Crippen LogP contribution in [-0.2, 0) is 35.3 Å². The van der Waals surface area contributed by atoms with Crippen LogP contribution in [0.15, 0.2) is 30.3 Å². The van der Waals surface area contributed by atoms with Crippen LogP contribution >= 0.6 is 0 Å². The van der Waals surface area contributed by atoms with Crippen LogP contribution in [0.3, 0.4) is 0 Å². The van der Waals surface area contributed by atoms with Crippen molar-refractivity contribution in [3.8, 4) is 0 Å². The number of nitrogens with two attached hydrogens (primary N) is 2. The molecule has 0 radical (unpaired) electrons. The molecule has 4 N–H and O–H groups in total. The van der Waals surface area contributed by atoms with E-state index in [1.165, 1.54) is 0 Å². The zero-order valence-corrected chi connectivity index (χ0v) is 14.6. The summed E-state index contributed by atoms with van der Waals surface area (Å²) < 4.78 is 10.2. The summed E-state index contributed by atoms with van der Waals surface area (Å²) in [5.74, 6) is 0.792. The molecule has 0 aliphatic rings. The fourth-order valence-corrected chi connectivity index (χ4v) is 1.93. The fraction of sp³-hybridized carbons (Fsp3) is 0.471. The molecular formula is C17H24N2O6. The van der Waals surface area contributed by atoms with E-state index in [1.54, 1.807) is 45.0 Å². The smallest absolute Gasteiger partial charge is 0.338 e. The van der Waals surface area contributed by atoms with Crippen LogP contribution in [0.5, 0.6) is 0 Å². The molecule has 0 saturated heterocycles. The average molecular weight is 352 g/mol. The Hall–Kier alpha value is -2.45. The van der Waals surface area contributed by atoms with Gasteiger partial charge >= 0.3 is 17.9 Å². The lowest BCUT2D eigenvalue weighted by Gasteiger charge is -2.23. The van der Waals surface area contributed by atoms with E-state index in [9.17, 15) is 14.4 Å². The Morgan fingerprint density at radius 2 is 1.64 bits per heavy atom. The molecule has 8 nitrogen and oxygen atoms in total. The maximum Gasteiger partial charge on any atom is 0.338 e. The predicted octanol–water partition coefficient (Wildman–Crippen LogP) is 0.822. The second-order valence-corrected chi connectivity index (χ2v) is 6.46. The molecule has 0 aliphatic heterocycles. The van der Waals surface area contributed by atoms with Crippen molar-refractivity contribution in [2.45, 2.75) is 45.4 Å². The number of carbonyl (C=O) groups is 3. The van der Waals surface area contributed by atoms with Crippen molar-refractivity contribution in [1.82, 2.24) is 0 Å². The lowest BCUT2D eigenvalue weighted by Crippen LogP contribution is -2.42. The molecule has 2 unspecified atom stereocenters. The number of carbonyl (C=O) groups excluding carboxylic acids is 3. The first-order valence-corrected chi connectivity index (χ1v) is 7.73. The van der Waals surface area contributed by atoms with Crippen LogP contribution in [0.4, 0.5) is 0 Å². The van der Waals surface area contributed by atoms with E-state index in [0.717, 1.165) is 5.56 Å². The Kier molecular flexibility index (Phi) is 7.53. The van der Waals surface area contributed by atoms with Crippen LogP contribution in [-0.4, -0.2) is 29.6 Å². The summed E-state index contributed by atoms with van der Waals surface area (Å²) in [7, 11) is 0. The summed E-state index contributed by atoms with van der Waals surface area (Å²) in [5, 5.41) is 0. The zero-order valence-electron chi connectivity index (χ0n) is 14.6. The predicted molar refractivity (Wildman–Crippen MR) is 88.4 cm³/mol. The quantitative estimate of drug-likeness (QED) is 0.419. The van der Waals surface area contributed by atoms with Gasteiger partial charge in [-0.3, -0.25) is 9.59 Å². The van der Waals surface area contributed by atoms with E-state index in [-0.39, 0.29) is 13.0 Å². The molecule has 0 heterocycles. The van der Waals surface area contributed by atoms with Crippen molar-refractivity contribution in [1.29, 1.82) is 0 Å². The van der Waals surface area contributed by atoms with Gasteiger partial charge < -0.3 is 20.0 Å². The molecule has 0 bridgehead atoms. The summed E-state index contributed by atoms with van der Waals surface area (Å²) in [4.78, 5) is 40.0. The van der Waals surface area contributed by atoms with Crippen molar-refractivity contribution >= 4 is 17.9 Å². The molecule has 0 fully saturated rings. The van der Waals surface area contributed by atoms with Crippen molar-refractivity contribution in [2.24, 2.45) is 17.5 Å². The largest absolute Gasteiger partial charge is 0.460 e. The van der Waals surface area contributed by atoms with E-state index >= 15 is 0 Å². The minimum absolute atomic E-state index is 0.0320. The molecule has 1 aromatic carbocycles. The van der Waals surface area contributed by atoms with Gasteiger partial charge in [-0.2, -0.15) is 5.90 Å². The monoisotopic (exact) mass is 352 g/mol. The number of esters is 2. The Morgan fingerprint density at radius 1 is 1.04 bits per heavy atom. The molecule has 0 aromatic heterocycles. The van der Waals surface area contributed by atoms with Gasteiger partial charge in [-0.15, -0.1) is 0 Å². The van der Waals surface area contributed by atoms with Gasteiger partial charge in [0.25, 0.3) is 0 Å². The summed E-state index contributed by atoms with van der Waals surface area (Å²) in [6.07, 6.45) is -0.335. The summed E-state index contributed by atoms with van der Waals surface area (Å²) >= 11 is 0. The highest BCUT2D eigenvalue weighted by Crippen LogP contribution is 2.15. The van der Waals surface area contributed by atoms with Gasteiger partial charge in [-0.1, -0.05) is 30.3 Å². The standard InChI is InChI=1S/C17H24N2O6/c1-17(2,3)24-16(22)13(18)9-12(15(21)25-19)14(20)23-10-11-7-5-4-6-8-11/h4-8,12-13H,9-10,18-19H2,1-3H3. The van der Waals surface area contributed by atoms with Crippen molar-refractivity contribution in [3.63, 3.8) is 0 Å². The molecule has 0 aliphatic carbocycles. The van der Waals surface area contributed by atoms with E-state index in [1.807, 2.05) is 6.07 Å². The number of rotatable bonds is 7. The van der Waals surface area contributed by atoms with Crippen molar-refractivity contribution < 1.29 is 28.7 Å². The molecule has 0 amide bonds. The van der Waals surface area contributed by atoms with Gasteiger partial charge in [-0.25, -0.2) is 4.79 Å². The molecule has 0 saturated carbocycles. The second-order valence-electron chi connectivity index (χ2n) is 6.46. The minimum Gasteiger partial charge on any atom is -0.460 e. The van der Waals surface area contributed by atoms with Crippen LogP contribution < -0.4 is 11.6 Å². The van der Waals surface area contributed by atoms with E-state index in [4.69, 9.17) is 21.1 Å². The maximum absolute atomic E-state index is 12.2. The van der Waals surface area contributed by atoms with E-state index < -0.39 is 35.5 Å². The van der Waals surface area contributed by atoms with Gasteiger partial charge in [0.2, 0.25) is 0 Å². The topological polar surface area (TPSA) is 131 Å². The summed E-state index contributed by atoms with van der Waals surface area (Å²) in [6, 6.07) is 7.71. The highest BCUT2D eigenvalue weighted by atomic mass is 16.7. The number of hydrogen-bond donors (Lipinski definition) is 2. The highest BCUT2D eigenvalue weighted by Gasteiger charge is 2.35. The van der Waals surface area contributed by atoms with E-state index in [0.29, 0.717) is 0 Å². The highest BCUT2D eigenvalue weighted by molar-refractivity contribution is 5.95. The lowest BCUT2D eigenvalue weighted by atomic mass is 10.0. The van der Waals surface area contributed by atoms with E-state index in [2.05, 4.69) is 4.84 Å². The average Bonchev–Trinajstić information content (AvgIpc) is 2.56. The third kappa shape index (κ3) is 7.32. The lowest BCUT2D eigenvalue weighted by molar-refractivity contribution is -0.165. The van der Waals surface area contributed by atoms with Crippen molar-refractivity contribution in [3.05, 3.63) is 35.9 Å². The van der Waals surface area contributed by atoms with Gasteiger partial charge in [0.1, 0.15) is 18.2 Å². The normalized spacial score (nSPS) is 13.5. The van der Waals surface area contributed by atoms with Crippen molar-refractivity contribution in [2.75, 3.05) is 0 Å². The number of ether oxygens (including phenoxy) is 2. The Morgan fingerprint density at radius 3 is 2.16 bits per heavy atom. The molecule has 25 heavy (non-hydrogen) atoms.